The summed E-state index contributed by atoms with van der Waals surface area (Å²) in [5.74, 6) is -1.44. The molecule has 2 aromatic rings. The van der Waals surface area contributed by atoms with Gasteiger partial charge in [-0.25, -0.2) is 4.79 Å². The van der Waals surface area contributed by atoms with E-state index < -0.39 is 28.3 Å². The molecule has 0 spiro atoms. The highest BCUT2D eigenvalue weighted by Gasteiger charge is 2.50. The molecule has 1 saturated carbocycles. The van der Waals surface area contributed by atoms with Crippen molar-refractivity contribution in [2.45, 2.75) is 30.4 Å². The fourth-order valence-electron chi connectivity index (χ4n) is 2.65. The van der Waals surface area contributed by atoms with Crippen LogP contribution in [0.5, 0.6) is 0 Å². The van der Waals surface area contributed by atoms with Crippen LogP contribution in [0.3, 0.4) is 0 Å². The second-order valence-electron chi connectivity index (χ2n) is 6.02. The third-order valence-corrected chi connectivity index (χ3v) is 4.81. The lowest BCUT2D eigenvalue weighted by atomic mass is 9.94. The number of rotatable bonds is 7. The van der Waals surface area contributed by atoms with Crippen LogP contribution in [0, 0.1) is 0 Å². The van der Waals surface area contributed by atoms with Gasteiger partial charge in [0.2, 0.25) is 17.1 Å². The van der Waals surface area contributed by atoms with Crippen LogP contribution in [-0.2, 0) is 22.4 Å². The molecule has 134 valence electrons. The molecule has 3 rings (SSSR count). The third kappa shape index (κ3) is 3.87. The number of hydrogen-bond acceptors (Lipinski definition) is 4. The summed E-state index contributed by atoms with van der Waals surface area (Å²) >= 11 is -5.07. The number of carboxylic acids is 1. The van der Waals surface area contributed by atoms with Crippen LogP contribution < -0.4 is 0 Å². The van der Waals surface area contributed by atoms with Crippen molar-refractivity contribution in [2.24, 2.45) is 0 Å². The summed E-state index contributed by atoms with van der Waals surface area (Å²) in [5, 5.41) is 12.8. The van der Waals surface area contributed by atoms with Crippen molar-refractivity contribution >= 4 is 17.2 Å². The topological polar surface area (TPSA) is 76.2 Å². The molecule has 0 radical (unpaired) electrons. The van der Waals surface area contributed by atoms with Crippen LogP contribution >= 0.6 is 11.2 Å². The first kappa shape index (κ1) is 17.5. The maximum atomic E-state index is 12.5. The largest absolute Gasteiger partial charge is 0.478 e. The second-order valence-corrected chi connectivity index (χ2v) is 7.32. The van der Waals surface area contributed by atoms with E-state index in [2.05, 4.69) is 16.7 Å². The van der Waals surface area contributed by atoms with E-state index in [9.17, 15) is 16.5 Å². The average molecular weight is 372 g/mol. The molecular weight excluding hydrogens is 357 g/mol. The number of halogens is 3. The molecule has 0 aliphatic heterocycles. The highest BCUT2D eigenvalue weighted by atomic mass is 32.3. The van der Waals surface area contributed by atoms with Crippen LogP contribution in [0.1, 0.15) is 35.7 Å². The lowest BCUT2D eigenvalue weighted by Crippen LogP contribution is -2.11. The minimum absolute atomic E-state index is 0.0499. The van der Waals surface area contributed by atoms with E-state index in [1.165, 1.54) is 12.1 Å². The molecule has 0 saturated heterocycles. The molecule has 5 nitrogen and oxygen atoms in total. The molecule has 1 N–H and O–H groups in total. The molecule has 1 aromatic heterocycles. The zero-order valence-electron chi connectivity index (χ0n) is 13.0. The normalized spacial score (nSPS) is 16.4. The van der Waals surface area contributed by atoms with E-state index in [0.29, 0.717) is 5.82 Å². The minimum atomic E-state index is -5.07. The van der Waals surface area contributed by atoms with Gasteiger partial charge in [0.15, 0.2) is 5.82 Å². The van der Waals surface area contributed by atoms with Crippen LogP contribution in [-0.4, -0.2) is 21.2 Å². The van der Waals surface area contributed by atoms with Crippen LogP contribution in [0.25, 0.3) is 0 Å². The Morgan fingerprint density at radius 2 is 1.92 bits per heavy atom. The van der Waals surface area contributed by atoms with Crippen molar-refractivity contribution < 1.29 is 26.1 Å². The first-order chi connectivity index (χ1) is 11.7. The molecule has 0 bridgehead atoms. The molecule has 25 heavy (non-hydrogen) atoms. The lowest BCUT2D eigenvalue weighted by molar-refractivity contribution is -0.132. The van der Waals surface area contributed by atoms with Crippen molar-refractivity contribution in [3.05, 3.63) is 59.3 Å². The Labute approximate surface area is 143 Å². The van der Waals surface area contributed by atoms with Gasteiger partial charge in [-0.1, -0.05) is 36.0 Å². The molecule has 9 heteroatoms. The van der Waals surface area contributed by atoms with Gasteiger partial charge >= 0.3 is 5.97 Å². The van der Waals surface area contributed by atoms with Crippen LogP contribution in [0.4, 0.5) is 11.7 Å². The zero-order valence-corrected chi connectivity index (χ0v) is 13.9. The number of hydrogen-bond donors (Lipinski definition) is 1. The first-order valence-electron chi connectivity index (χ1n) is 7.43. The Morgan fingerprint density at radius 1 is 1.28 bits per heavy atom. The van der Waals surface area contributed by atoms with Crippen molar-refractivity contribution in [1.29, 1.82) is 0 Å². The van der Waals surface area contributed by atoms with Gasteiger partial charge in [0.1, 0.15) is 0 Å². The number of nitrogens with zero attached hydrogens (tertiary/aromatic N) is 2. The molecule has 0 atom stereocenters. The van der Waals surface area contributed by atoms with E-state index >= 15 is 0 Å². The fourth-order valence-corrected chi connectivity index (χ4v) is 3.22. The van der Waals surface area contributed by atoms with Gasteiger partial charge in [-0.3, -0.25) is 0 Å². The van der Waals surface area contributed by atoms with Crippen molar-refractivity contribution in [1.82, 2.24) is 10.1 Å². The standard InChI is InChI=1S/C16H15F3N2O3S/c1-10(14(22)23)8-13-20-15(21-24-13)16(6-7-16)12-4-2-11(3-5-12)9-25(17,18)19/h2-5H,1,6-9H2,(H,22,23). The van der Waals surface area contributed by atoms with E-state index in [4.69, 9.17) is 9.63 Å². The highest BCUT2D eigenvalue weighted by Crippen LogP contribution is 2.56. The fraction of sp³-hybridized carbons (Fsp3) is 0.312. The summed E-state index contributed by atoms with van der Waals surface area (Å²) in [7, 11) is 0. The van der Waals surface area contributed by atoms with Crippen molar-refractivity contribution in [3.8, 4) is 0 Å². The molecule has 1 aliphatic rings. The SMILES string of the molecule is C=C(Cc1nc(C2(c3ccc(CS(F)(F)F)cc3)CC2)no1)C(=O)O. The van der Waals surface area contributed by atoms with E-state index in [1.807, 2.05) is 0 Å². The maximum Gasteiger partial charge on any atom is 0.331 e. The predicted octanol–water partition coefficient (Wildman–Crippen LogP) is 4.29. The first-order valence-corrected chi connectivity index (χ1v) is 8.93. The Balaban J connectivity index is 1.77. The minimum Gasteiger partial charge on any atom is -0.478 e. The summed E-state index contributed by atoms with van der Waals surface area (Å²) in [6.07, 6.45) is 1.47. The number of carbonyl (C=O) groups is 1. The average Bonchev–Trinajstić information content (AvgIpc) is 3.20. The Bertz CT molecular complexity index is 811. The maximum absolute atomic E-state index is 12.5. The van der Waals surface area contributed by atoms with E-state index in [0.717, 1.165) is 18.4 Å². The Morgan fingerprint density at radius 3 is 2.44 bits per heavy atom. The lowest BCUT2D eigenvalue weighted by Gasteiger charge is -2.13. The monoisotopic (exact) mass is 372 g/mol. The zero-order chi connectivity index (χ0) is 18.2. The predicted molar refractivity (Wildman–Crippen MR) is 85.9 cm³/mol. The van der Waals surface area contributed by atoms with Crippen molar-refractivity contribution in [3.63, 3.8) is 0 Å². The van der Waals surface area contributed by atoms with Gasteiger partial charge in [0.05, 0.1) is 17.6 Å². The van der Waals surface area contributed by atoms with Gasteiger partial charge in [-0.2, -0.15) is 4.98 Å². The summed E-state index contributed by atoms with van der Waals surface area (Å²) in [4.78, 5) is 15.1. The summed E-state index contributed by atoms with van der Waals surface area (Å²) in [6, 6.07) is 6.28. The molecule has 1 fully saturated rings. The number of benzene rings is 1. The number of carboxylic acid groups (broad SMARTS) is 1. The van der Waals surface area contributed by atoms with Crippen LogP contribution in [0.2, 0.25) is 0 Å². The summed E-state index contributed by atoms with van der Waals surface area (Å²) in [6.45, 7) is 3.42. The smallest absolute Gasteiger partial charge is 0.331 e. The van der Waals surface area contributed by atoms with Gasteiger partial charge in [0.25, 0.3) is 0 Å². The van der Waals surface area contributed by atoms with Gasteiger partial charge in [-0.15, -0.1) is 11.7 Å². The molecule has 1 aliphatic carbocycles. The van der Waals surface area contributed by atoms with Gasteiger partial charge in [-0.05, 0) is 24.0 Å². The Kier molecular flexibility index (Phi) is 4.36. The van der Waals surface area contributed by atoms with E-state index in [-0.39, 0.29) is 23.4 Å². The third-order valence-electron chi connectivity index (χ3n) is 4.15. The molecular formula is C16H15F3N2O3S. The van der Waals surface area contributed by atoms with Crippen LogP contribution in [0.15, 0.2) is 40.9 Å². The molecule has 0 amide bonds. The second kappa shape index (κ2) is 6.21. The van der Waals surface area contributed by atoms with Crippen molar-refractivity contribution in [2.75, 3.05) is 0 Å². The van der Waals surface area contributed by atoms with E-state index in [1.54, 1.807) is 12.1 Å². The quantitative estimate of drug-likeness (QED) is 0.734. The number of aromatic nitrogens is 2. The van der Waals surface area contributed by atoms with Gasteiger partial charge in [0, 0.05) is 5.57 Å². The summed E-state index contributed by atoms with van der Waals surface area (Å²) < 4.78 is 42.6. The molecule has 1 heterocycles. The summed E-state index contributed by atoms with van der Waals surface area (Å²) in [5.41, 5.74) is 0.543. The molecule has 1 aromatic carbocycles. The molecule has 0 unspecified atom stereocenters. The van der Waals surface area contributed by atoms with Gasteiger partial charge < -0.3 is 9.63 Å². The Hall–Kier alpha value is -2.29. The highest BCUT2D eigenvalue weighted by molar-refractivity contribution is 8.20. The number of aliphatic carboxylic acids is 1.